The van der Waals surface area contributed by atoms with Gasteiger partial charge in [0.05, 0.1) is 5.56 Å². The number of phenolic OH excluding ortho intramolecular Hbond substituents is 1. The van der Waals surface area contributed by atoms with Crippen LogP contribution in [0.3, 0.4) is 0 Å². The van der Waals surface area contributed by atoms with Crippen LogP contribution in [0.5, 0.6) is 5.75 Å². The Hall–Kier alpha value is -2.82. The number of amides is 2. The summed E-state index contributed by atoms with van der Waals surface area (Å²) in [6, 6.07) is 11.8. The van der Waals surface area contributed by atoms with Gasteiger partial charge in [0, 0.05) is 18.3 Å². The summed E-state index contributed by atoms with van der Waals surface area (Å²) in [4.78, 5) is 23.2. The first kappa shape index (κ1) is 14.6. The predicted octanol–water partition coefficient (Wildman–Crippen LogP) is 2.91. The molecule has 5 heteroatoms. The predicted molar refractivity (Wildman–Crippen MR) is 81.5 cm³/mol. The number of benzene rings is 2. The van der Waals surface area contributed by atoms with E-state index in [0.29, 0.717) is 16.9 Å². The minimum absolute atomic E-state index is 0.0342. The van der Waals surface area contributed by atoms with Crippen molar-refractivity contribution in [1.29, 1.82) is 0 Å². The summed E-state index contributed by atoms with van der Waals surface area (Å²) in [5.74, 6) is -0.626. The Bertz CT molecular complexity index is 696. The van der Waals surface area contributed by atoms with Gasteiger partial charge in [0.25, 0.3) is 5.91 Å². The summed E-state index contributed by atoms with van der Waals surface area (Å²) < 4.78 is 0. The fourth-order valence-corrected chi connectivity index (χ4v) is 1.92. The van der Waals surface area contributed by atoms with Crippen molar-refractivity contribution in [2.45, 2.75) is 13.8 Å². The Balaban J connectivity index is 2.20. The van der Waals surface area contributed by atoms with Crippen LogP contribution in [-0.4, -0.2) is 16.9 Å². The van der Waals surface area contributed by atoms with Gasteiger partial charge >= 0.3 is 0 Å². The van der Waals surface area contributed by atoms with Crippen molar-refractivity contribution in [3.8, 4) is 5.75 Å². The van der Waals surface area contributed by atoms with E-state index in [-0.39, 0.29) is 17.2 Å². The van der Waals surface area contributed by atoms with Crippen LogP contribution in [0.15, 0.2) is 42.5 Å². The van der Waals surface area contributed by atoms with E-state index in [1.165, 1.54) is 6.92 Å². The van der Waals surface area contributed by atoms with Gasteiger partial charge in [0.15, 0.2) is 0 Å². The van der Waals surface area contributed by atoms with E-state index in [0.717, 1.165) is 0 Å². The van der Waals surface area contributed by atoms with Gasteiger partial charge in [-0.25, -0.2) is 0 Å². The van der Waals surface area contributed by atoms with Gasteiger partial charge in [-0.05, 0) is 36.8 Å². The molecule has 0 aliphatic carbocycles. The van der Waals surface area contributed by atoms with Crippen molar-refractivity contribution < 1.29 is 14.7 Å². The zero-order valence-corrected chi connectivity index (χ0v) is 11.8. The first-order chi connectivity index (χ1) is 9.97. The molecule has 0 bridgehead atoms. The van der Waals surface area contributed by atoms with Gasteiger partial charge in [0.2, 0.25) is 5.91 Å². The van der Waals surface area contributed by atoms with Gasteiger partial charge in [-0.3, -0.25) is 9.59 Å². The van der Waals surface area contributed by atoms with Crippen LogP contribution < -0.4 is 10.6 Å². The van der Waals surface area contributed by atoms with Crippen LogP contribution in [0, 0.1) is 6.92 Å². The molecule has 0 atom stereocenters. The Morgan fingerprint density at radius 2 is 1.62 bits per heavy atom. The minimum atomic E-state index is -0.406. The van der Waals surface area contributed by atoms with E-state index in [2.05, 4.69) is 10.6 Å². The number of hydrogen-bond donors (Lipinski definition) is 3. The number of rotatable bonds is 3. The second-order valence-corrected chi connectivity index (χ2v) is 4.69. The van der Waals surface area contributed by atoms with Crippen LogP contribution in [0.4, 0.5) is 11.4 Å². The van der Waals surface area contributed by atoms with E-state index in [4.69, 9.17) is 0 Å². The number of carbonyl (C=O) groups is 2. The molecule has 0 heterocycles. The van der Waals surface area contributed by atoms with E-state index < -0.39 is 5.91 Å². The third-order valence-electron chi connectivity index (χ3n) is 2.92. The molecule has 2 aromatic rings. The molecule has 0 aliphatic rings. The third-order valence-corrected chi connectivity index (χ3v) is 2.92. The molecule has 0 radical (unpaired) electrons. The highest BCUT2D eigenvalue weighted by Crippen LogP contribution is 2.23. The Kier molecular flexibility index (Phi) is 4.23. The molecule has 0 unspecified atom stereocenters. The lowest BCUT2D eigenvalue weighted by Crippen LogP contribution is -2.13. The van der Waals surface area contributed by atoms with Crippen LogP contribution in [0.1, 0.15) is 22.8 Å². The zero-order valence-electron chi connectivity index (χ0n) is 11.8. The molecule has 21 heavy (non-hydrogen) atoms. The molecular weight excluding hydrogens is 268 g/mol. The fourth-order valence-electron chi connectivity index (χ4n) is 1.92. The van der Waals surface area contributed by atoms with Crippen molar-refractivity contribution in [3.63, 3.8) is 0 Å². The quantitative estimate of drug-likeness (QED) is 0.811. The summed E-state index contributed by atoms with van der Waals surface area (Å²) >= 11 is 0. The van der Waals surface area contributed by atoms with Gasteiger partial charge in [-0.2, -0.15) is 0 Å². The van der Waals surface area contributed by atoms with Gasteiger partial charge in [0.1, 0.15) is 5.75 Å². The molecule has 0 saturated heterocycles. The highest BCUT2D eigenvalue weighted by molar-refractivity contribution is 6.06. The number of carbonyl (C=O) groups excluding carboxylic acids is 2. The molecule has 0 aliphatic heterocycles. The second kappa shape index (κ2) is 6.09. The topological polar surface area (TPSA) is 78.4 Å². The number of phenols is 1. The number of hydrogen-bond acceptors (Lipinski definition) is 3. The molecule has 2 aromatic carbocycles. The molecule has 0 saturated carbocycles. The molecule has 0 fully saturated rings. The maximum absolute atomic E-state index is 12.2. The monoisotopic (exact) mass is 284 g/mol. The first-order valence-corrected chi connectivity index (χ1v) is 6.45. The number of para-hydroxylation sites is 1. The van der Waals surface area contributed by atoms with Crippen LogP contribution >= 0.6 is 0 Å². The molecular formula is C16H16N2O3. The smallest absolute Gasteiger partial charge is 0.259 e. The van der Waals surface area contributed by atoms with Gasteiger partial charge in [-0.15, -0.1) is 0 Å². The van der Waals surface area contributed by atoms with Crippen molar-refractivity contribution >= 4 is 23.2 Å². The summed E-state index contributed by atoms with van der Waals surface area (Å²) in [7, 11) is 0. The standard InChI is InChI=1S/C16H16N2O3/c1-10-5-3-8-14(15(10)20)16(21)18-13-7-4-6-12(9-13)17-11(2)19/h3-9,20H,1-2H3,(H,17,19)(H,18,21). The normalized spacial score (nSPS) is 10.0. The number of aryl methyl sites for hydroxylation is 1. The first-order valence-electron chi connectivity index (χ1n) is 6.45. The summed E-state index contributed by atoms with van der Waals surface area (Å²) in [6.07, 6.45) is 0. The average molecular weight is 284 g/mol. The number of aromatic hydroxyl groups is 1. The number of nitrogens with one attached hydrogen (secondary N) is 2. The summed E-state index contributed by atoms with van der Waals surface area (Å²) in [5, 5.41) is 15.2. The van der Waals surface area contributed by atoms with E-state index in [9.17, 15) is 14.7 Å². The molecule has 2 rings (SSSR count). The molecule has 2 amide bonds. The number of anilines is 2. The zero-order chi connectivity index (χ0) is 15.4. The molecule has 108 valence electrons. The Morgan fingerprint density at radius 3 is 2.29 bits per heavy atom. The van der Waals surface area contributed by atoms with E-state index in [1.807, 2.05) is 0 Å². The maximum atomic E-state index is 12.2. The SMILES string of the molecule is CC(=O)Nc1cccc(NC(=O)c2cccc(C)c2O)c1. The lowest BCUT2D eigenvalue weighted by atomic mass is 10.1. The van der Waals surface area contributed by atoms with Crippen molar-refractivity contribution in [2.24, 2.45) is 0 Å². The molecule has 0 spiro atoms. The Labute approximate surface area is 122 Å². The average Bonchev–Trinajstić information content (AvgIpc) is 2.41. The summed E-state index contributed by atoms with van der Waals surface area (Å²) in [6.45, 7) is 3.14. The second-order valence-electron chi connectivity index (χ2n) is 4.69. The van der Waals surface area contributed by atoms with Crippen LogP contribution in [0.2, 0.25) is 0 Å². The fraction of sp³-hybridized carbons (Fsp3) is 0.125. The van der Waals surface area contributed by atoms with Crippen LogP contribution in [-0.2, 0) is 4.79 Å². The minimum Gasteiger partial charge on any atom is -0.507 e. The van der Waals surface area contributed by atoms with Crippen LogP contribution in [0.25, 0.3) is 0 Å². The molecule has 0 aromatic heterocycles. The van der Waals surface area contributed by atoms with Gasteiger partial charge < -0.3 is 15.7 Å². The van der Waals surface area contributed by atoms with E-state index in [1.54, 1.807) is 49.4 Å². The van der Waals surface area contributed by atoms with Crippen molar-refractivity contribution in [2.75, 3.05) is 10.6 Å². The van der Waals surface area contributed by atoms with Crippen molar-refractivity contribution in [3.05, 3.63) is 53.6 Å². The van der Waals surface area contributed by atoms with Gasteiger partial charge in [-0.1, -0.05) is 18.2 Å². The molecule has 5 nitrogen and oxygen atoms in total. The largest absolute Gasteiger partial charge is 0.507 e. The molecule has 3 N–H and O–H groups in total. The maximum Gasteiger partial charge on any atom is 0.259 e. The van der Waals surface area contributed by atoms with Crippen molar-refractivity contribution in [1.82, 2.24) is 0 Å². The lowest BCUT2D eigenvalue weighted by molar-refractivity contribution is -0.114. The lowest BCUT2D eigenvalue weighted by Gasteiger charge is -2.09. The Morgan fingerprint density at radius 1 is 1.00 bits per heavy atom. The highest BCUT2D eigenvalue weighted by Gasteiger charge is 2.12. The van der Waals surface area contributed by atoms with E-state index >= 15 is 0 Å². The summed E-state index contributed by atoms with van der Waals surface area (Å²) in [5.41, 5.74) is 1.97. The third kappa shape index (κ3) is 3.60. The highest BCUT2D eigenvalue weighted by atomic mass is 16.3.